The van der Waals surface area contributed by atoms with E-state index in [0.717, 1.165) is 25.7 Å². The Morgan fingerprint density at radius 2 is 2.33 bits per heavy atom. The number of rotatable bonds is 6. The lowest BCUT2D eigenvalue weighted by Crippen LogP contribution is -2.45. The molecule has 1 aliphatic carbocycles. The second kappa shape index (κ2) is 7.10. The molecule has 0 aromatic carbocycles. The maximum absolute atomic E-state index is 11.7. The Hall–Kier alpha value is -0.610. The molecule has 4 nitrogen and oxygen atoms in total. The van der Waals surface area contributed by atoms with Gasteiger partial charge in [-0.15, -0.1) is 0 Å². The minimum absolute atomic E-state index is 0.00514. The van der Waals surface area contributed by atoms with Crippen LogP contribution in [-0.4, -0.2) is 36.4 Å². The van der Waals surface area contributed by atoms with E-state index in [1.165, 1.54) is 6.42 Å². The number of aliphatic hydroxyl groups is 1. The van der Waals surface area contributed by atoms with E-state index >= 15 is 0 Å². The quantitative estimate of drug-likeness (QED) is 0.763. The van der Waals surface area contributed by atoms with E-state index in [-0.39, 0.29) is 12.0 Å². The highest BCUT2D eigenvalue weighted by Crippen LogP contribution is 2.31. The summed E-state index contributed by atoms with van der Waals surface area (Å²) in [4.78, 5) is 11.7. The normalized spacial score (nSPS) is 29.9. The highest BCUT2D eigenvalue weighted by molar-refractivity contribution is 5.75. The van der Waals surface area contributed by atoms with E-state index < -0.39 is 5.60 Å². The Balaban J connectivity index is 2.24. The topological polar surface area (TPSA) is 58.6 Å². The summed E-state index contributed by atoms with van der Waals surface area (Å²) < 4.78 is 5.10. The fraction of sp³-hybridized carbons (Fsp3) is 0.929. The van der Waals surface area contributed by atoms with Gasteiger partial charge in [0.2, 0.25) is 5.91 Å². The van der Waals surface area contributed by atoms with Crippen LogP contribution < -0.4 is 5.32 Å². The first kappa shape index (κ1) is 15.4. The van der Waals surface area contributed by atoms with Crippen LogP contribution in [0.4, 0.5) is 0 Å². The molecule has 1 amide bonds. The average Bonchev–Trinajstić information content (AvgIpc) is 2.33. The van der Waals surface area contributed by atoms with E-state index in [4.69, 9.17) is 4.74 Å². The summed E-state index contributed by atoms with van der Waals surface area (Å²) >= 11 is 0. The van der Waals surface area contributed by atoms with Crippen LogP contribution in [0.15, 0.2) is 0 Å². The maximum Gasteiger partial charge on any atom is 0.220 e. The molecule has 4 heteroatoms. The molecule has 0 spiro atoms. The second-order valence-corrected chi connectivity index (χ2v) is 5.79. The van der Waals surface area contributed by atoms with Crippen molar-refractivity contribution in [1.82, 2.24) is 5.32 Å². The van der Waals surface area contributed by atoms with Gasteiger partial charge in [0.25, 0.3) is 0 Å². The van der Waals surface area contributed by atoms with Crippen LogP contribution in [0.3, 0.4) is 0 Å². The van der Waals surface area contributed by atoms with E-state index in [9.17, 15) is 9.90 Å². The Morgan fingerprint density at radius 3 is 2.94 bits per heavy atom. The summed E-state index contributed by atoms with van der Waals surface area (Å²) in [6, 6.07) is 0. The van der Waals surface area contributed by atoms with E-state index in [1.54, 1.807) is 7.11 Å². The molecule has 3 atom stereocenters. The lowest BCUT2D eigenvalue weighted by Gasteiger charge is -2.35. The number of amides is 1. The number of carbonyl (C=O) groups excluding carboxylic acids is 1. The van der Waals surface area contributed by atoms with Crippen molar-refractivity contribution in [1.29, 1.82) is 0 Å². The summed E-state index contributed by atoms with van der Waals surface area (Å²) in [7, 11) is 1.65. The van der Waals surface area contributed by atoms with Gasteiger partial charge in [0.05, 0.1) is 11.7 Å². The van der Waals surface area contributed by atoms with Gasteiger partial charge in [-0.2, -0.15) is 0 Å². The molecule has 106 valence electrons. The minimum atomic E-state index is -0.694. The average molecular weight is 257 g/mol. The van der Waals surface area contributed by atoms with Gasteiger partial charge >= 0.3 is 0 Å². The number of ether oxygens (including phenoxy) is 1. The van der Waals surface area contributed by atoms with Crippen molar-refractivity contribution in [2.24, 2.45) is 5.92 Å². The lowest BCUT2D eigenvalue weighted by molar-refractivity contribution is -0.123. The fourth-order valence-electron chi connectivity index (χ4n) is 2.60. The number of hydrogen-bond acceptors (Lipinski definition) is 3. The predicted molar refractivity (Wildman–Crippen MR) is 71.3 cm³/mol. The van der Waals surface area contributed by atoms with Crippen molar-refractivity contribution >= 4 is 5.91 Å². The van der Waals surface area contributed by atoms with Crippen molar-refractivity contribution in [3.63, 3.8) is 0 Å². The van der Waals surface area contributed by atoms with Crippen molar-refractivity contribution in [2.75, 3.05) is 13.7 Å². The van der Waals surface area contributed by atoms with Crippen LogP contribution in [-0.2, 0) is 9.53 Å². The third-order valence-corrected chi connectivity index (χ3v) is 3.86. The lowest BCUT2D eigenvalue weighted by atomic mass is 9.79. The van der Waals surface area contributed by atoms with Crippen molar-refractivity contribution in [2.45, 2.75) is 64.1 Å². The first-order chi connectivity index (χ1) is 8.45. The van der Waals surface area contributed by atoms with Gasteiger partial charge < -0.3 is 15.2 Å². The molecule has 0 aliphatic heterocycles. The minimum Gasteiger partial charge on any atom is -0.388 e. The molecule has 0 aromatic rings. The molecule has 0 saturated heterocycles. The van der Waals surface area contributed by atoms with Crippen LogP contribution in [0.5, 0.6) is 0 Å². The molecule has 1 fully saturated rings. The molecular weight excluding hydrogens is 230 g/mol. The van der Waals surface area contributed by atoms with Gasteiger partial charge in [0.1, 0.15) is 0 Å². The van der Waals surface area contributed by atoms with Gasteiger partial charge in [-0.3, -0.25) is 4.79 Å². The summed E-state index contributed by atoms with van der Waals surface area (Å²) in [6.07, 6.45) is 5.11. The van der Waals surface area contributed by atoms with Crippen molar-refractivity contribution in [3.8, 4) is 0 Å². The molecule has 0 heterocycles. The third kappa shape index (κ3) is 5.36. The van der Waals surface area contributed by atoms with Crippen LogP contribution in [0.2, 0.25) is 0 Å². The zero-order chi connectivity index (χ0) is 13.6. The largest absolute Gasteiger partial charge is 0.388 e. The summed E-state index contributed by atoms with van der Waals surface area (Å²) in [5.74, 6) is 0.555. The Morgan fingerprint density at radius 1 is 1.61 bits per heavy atom. The third-order valence-electron chi connectivity index (χ3n) is 3.86. The highest BCUT2D eigenvalue weighted by Gasteiger charge is 2.32. The summed E-state index contributed by atoms with van der Waals surface area (Å²) in [6.45, 7) is 4.49. The molecule has 1 aliphatic rings. The van der Waals surface area contributed by atoms with Gasteiger partial charge in [0, 0.05) is 20.1 Å². The molecule has 1 saturated carbocycles. The first-order valence-corrected chi connectivity index (χ1v) is 6.97. The van der Waals surface area contributed by atoms with Gasteiger partial charge in [0.15, 0.2) is 0 Å². The summed E-state index contributed by atoms with van der Waals surface area (Å²) in [5.41, 5.74) is -0.694. The molecule has 1 rings (SSSR count). The van der Waals surface area contributed by atoms with Gasteiger partial charge in [-0.25, -0.2) is 0 Å². The first-order valence-electron chi connectivity index (χ1n) is 6.97. The molecular formula is C14H27NO3. The van der Waals surface area contributed by atoms with Crippen LogP contribution in [0.1, 0.15) is 52.4 Å². The predicted octanol–water partition coefficient (Wildman–Crippen LogP) is 1.86. The summed E-state index contributed by atoms with van der Waals surface area (Å²) in [5, 5.41) is 13.2. The van der Waals surface area contributed by atoms with E-state index in [2.05, 4.69) is 12.2 Å². The molecule has 0 aromatic heterocycles. The van der Waals surface area contributed by atoms with E-state index in [1.807, 2.05) is 6.92 Å². The molecule has 0 radical (unpaired) electrons. The van der Waals surface area contributed by atoms with Crippen LogP contribution in [0, 0.1) is 5.92 Å². The maximum atomic E-state index is 11.7. The number of carbonyl (C=O) groups is 1. The monoisotopic (exact) mass is 257 g/mol. The number of methoxy groups -OCH3 is 1. The van der Waals surface area contributed by atoms with Crippen LogP contribution in [0.25, 0.3) is 0 Å². The molecule has 2 N–H and O–H groups in total. The SMILES string of the molecule is COC(C)CCC(=O)NCC1(O)CCCC(C)C1. The number of nitrogens with one attached hydrogen (secondary N) is 1. The number of hydrogen-bond donors (Lipinski definition) is 2. The fourth-order valence-corrected chi connectivity index (χ4v) is 2.60. The standard InChI is InChI=1S/C14H27NO3/c1-11-5-4-8-14(17,9-11)10-15-13(16)7-6-12(2)18-3/h11-12,17H,4-10H2,1-3H3,(H,15,16). The van der Waals surface area contributed by atoms with Crippen molar-refractivity contribution < 1.29 is 14.6 Å². The molecule has 18 heavy (non-hydrogen) atoms. The smallest absolute Gasteiger partial charge is 0.220 e. The Labute approximate surface area is 110 Å². The Kier molecular flexibility index (Phi) is 6.09. The van der Waals surface area contributed by atoms with E-state index in [0.29, 0.717) is 18.9 Å². The van der Waals surface area contributed by atoms with Crippen LogP contribution >= 0.6 is 0 Å². The van der Waals surface area contributed by atoms with Gasteiger partial charge in [-0.1, -0.05) is 19.8 Å². The zero-order valence-electron chi connectivity index (χ0n) is 11.9. The highest BCUT2D eigenvalue weighted by atomic mass is 16.5. The Bertz CT molecular complexity index is 270. The molecule has 0 bridgehead atoms. The second-order valence-electron chi connectivity index (χ2n) is 5.79. The van der Waals surface area contributed by atoms with Crippen molar-refractivity contribution in [3.05, 3.63) is 0 Å². The zero-order valence-corrected chi connectivity index (χ0v) is 11.9. The molecule has 3 unspecified atom stereocenters. The van der Waals surface area contributed by atoms with Gasteiger partial charge in [-0.05, 0) is 32.1 Å².